The van der Waals surface area contributed by atoms with Gasteiger partial charge < -0.3 is 16.4 Å². The first-order chi connectivity index (χ1) is 9.96. The molecular weight excluding hydrogens is 266 g/mol. The summed E-state index contributed by atoms with van der Waals surface area (Å²) < 4.78 is 0. The van der Waals surface area contributed by atoms with Crippen molar-refractivity contribution in [3.05, 3.63) is 23.8 Å². The van der Waals surface area contributed by atoms with Crippen molar-refractivity contribution in [2.75, 3.05) is 17.2 Å². The fraction of sp³-hybridized carbons (Fsp3) is 0.500. The van der Waals surface area contributed by atoms with Crippen molar-refractivity contribution >= 4 is 23.2 Å². The van der Waals surface area contributed by atoms with E-state index in [1.807, 2.05) is 32.9 Å². The van der Waals surface area contributed by atoms with Crippen molar-refractivity contribution in [3.8, 4) is 0 Å². The molecule has 21 heavy (non-hydrogen) atoms. The minimum absolute atomic E-state index is 0.0199. The Labute approximate surface area is 126 Å². The molecule has 0 heterocycles. The summed E-state index contributed by atoms with van der Waals surface area (Å²) in [6.07, 6.45) is 1.57. The summed E-state index contributed by atoms with van der Waals surface area (Å²) in [6, 6.07) is 5.57. The summed E-state index contributed by atoms with van der Waals surface area (Å²) >= 11 is 0. The van der Waals surface area contributed by atoms with E-state index in [1.165, 1.54) is 0 Å². The first kappa shape index (κ1) is 17.2. The van der Waals surface area contributed by atoms with Crippen LogP contribution in [0.15, 0.2) is 18.2 Å². The second-order valence-corrected chi connectivity index (χ2v) is 5.46. The third kappa shape index (κ3) is 5.95. The first-order valence-corrected chi connectivity index (χ1v) is 7.39. The van der Waals surface area contributed by atoms with Crippen LogP contribution in [0, 0.1) is 5.92 Å². The van der Waals surface area contributed by atoms with Crippen LogP contribution < -0.4 is 16.4 Å². The number of amides is 2. The maximum atomic E-state index is 11.8. The Balaban J connectivity index is 2.84. The summed E-state index contributed by atoms with van der Waals surface area (Å²) in [6.45, 7) is 6.33. The van der Waals surface area contributed by atoms with E-state index in [-0.39, 0.29) is 18.2 Å². The zero-order chi connectivity index (χ0) is 15.8. The van der Waals surface area contributed by atoms with Crippen molar-refractivity contribution in [2.45, 2.75) is 40.0 Å². The van der Waals surface area contributed by atoms with E-state index in [1.54, 1.807) is 6.07 Å². The van der Waals surface area contributed by atoms with Gasteiger partial charge in [0.15, 0.2) is 0 Å². The lowest BCUT2D eigenvalue weighted by atomic mass is 10.1. The monoisotopic (exact) mass is 291 g/mol. The lowest BCUT2D eigenvalue weighted by Gasteiger charge is -2.13. The van der Waals surface area contributed by atoms with Gasteiger partial charge in [0, 0.05) is 30.8 Å². The Kier molecular flexibility index (Phi) is 6.88. The SMILES string of the molecule is CCc1ccc(NC(=O)CC(C)C)cc1NC(=O)CCN. The standard InChI is InChI=1S/C16H25N3O2/c1-4-12-5-6-13(18-16(21)9-11(2)3)10-14(12)19-15(20)7-8-17/h5-6,10-11H,4,7-9,17H2,1-3H3,(H,18,21)(H,19,20). The van der Waals surface area contributed by atoms with Crippen molar-refractivity contribution in [1.82, 2.24) is 0 Å². The molecule has 4 N–H and O–H groups in total. The van der Waals surface area contributed by atoms with Gasteiger partial charge in [-0.2, -0.15) is 0 Å². The van der Waals surface area contributed by atoms with Gasteiger partial charge in [0.05, 0.1) is 0 Å². The van der Waals surface area contributed by atoms with E-state index in [2.05, 4.69) is 10.6 Å². The van der Waals surface area contributed by atoms with Crippen molar-refractivity contribution in [1.29, 1.82) is 0 Å². The van der Waals surface area contributed by atoms with Gasteiger partial charge in [-0.25, -0.2) is 0 Å². The molecule has 0 bridgehead atoms. The van der Waals surface area contributed by atoms with Crippen molar-refractivity contribution in [2.24, 2.45) is 11.7 Å². The Morgan fingerprint density at radius 1 is 1.19 bits per heavy atom. The van der Waals surface area contributed by atoms with Crippen LogP contribution in [0.1, 0.15) is 39.2 Å². The molecule has 2 amide bonds. The second kappa shape index (κ2) is 8.42. The highest BCUT2D eigenvalue weighted by Crippen LogP contribution is 2.22. The number of hydrogen-bond donors (Lipinski definition) is 3. The molecule has 1 aromatic carbocycles. The molecule has 0 aliphatic heterocycles. The molecule has 0 saturated heterocycles. The van der Waals surface area contributed by atoms with E-state index in [0.717, 1.165) is 17.7 Å². The molecule has 0 saturated carbocycles. The largest absolute Gasteiger partial charge is 0.330 e. The number of carbonyl (C=O) groups excluding carboxylic acids is 2. The average Bonchev–Trinajstić information content (AvgIpc) is 2.38. The normalized spacial score (nSPS) is 10.5. The van der Waals surface area contributed by atoms with Crippen LogP contribution in [-0.4, -0.2) is 18.4 Å². The summed E-state index contributed by atoms with van der Waals surface area (Å²) in [5.41, 5.74) is 7.84. The quantitative estimate of drug-likeness (QED) is 0.721. The van der Waals surface area contributed by atoms with Crippen LogP contribution in [0.2, 0.25) is 0 Å². The van der Waals surface area contributed by atoms with E-state index in [9.17, 15) is 9.59 Å². The first-order valence-electron chi connectivity index (χ1n) is 7.39. The molecular formula is C16H25N3O2. The molecule has 0 aromatic heterocycles. The molecule has 5 heteroatoms. The van der Waals surface area contributed by atoms with Crippen molar-refractivity contribution in [3.63, 3.8) is 0 Å². The number of carbonyl (C=O) groups is 2. The molecule has 0 radical (unpaired) electrons. The molecule has 0 aliphatic rings. The minimum Gasteiger partial charge on any atom is -0.330 e. The van der Waals surface area contributed by atoms with Gasteiger partial charge >= 0.3 is 0 Å². The number of anilines is 2. The molecule has 0 aliphatic carbocycles. The number of rotatable bonds is 7. The lowest BCUT2D eigenvalue weighted by molar-refractivity contribution is -0.117. The van der Waals surface area contributed by atoms with Crippen LogP contribution in [0.4, 0.5) is 11.4 Å². The van der Waals surface area contributed by atoms with Crippen LogP contribution in [0.3, 0.4) is 0 Å². The van der Waals surface area contributed by atoms with Gasteiger partial charge in [0.1, 0.15) is 0 Å². The van der Waals surface area contributed by atoms with E-state index in [4.69, 9.17) is 5.73 Å². The van der Waals surface area contributed by atoms with Gasteiger partial charge in [-0.3, -0.25) is 9.59 Å². The maximum Gasteiger partial charge on any atom is 0.225 e. The smallest absolute Gasteiger partial charge is 0.225 e. The van der Waals surface area contributed by atoms with Crippen molar-refractivity contribution < 1.29 is 9.59 Å². The molecule has 0 unspecified atom stereocenters. The van der Waals surface area contributed by atoms with Gasteiger partial charge in [-0.1, -0.05) is 26.8 Å². The van der Waals surface area contributed by atoms with Gasteiger partial charge in [0.25, 0.3) is 0 Å². The Bertz CT molecular complexity index is 498. The van der Waals surface area contributed by atoms with E-state index in [0.29, 0.717) is 24.6 Å². The van der Waals surface area contributed by atoms with Crippen LogP contribution in [0.25, 0.3) is 0 Å². The third-order valence-corrected chi connectivity index (χ3v) is 3.01. The predicted octanol–water partition coefficient (Wildman–Crippen LogP) is 2.52. The molecule has 116 valence electrons. The Hall–Kier alpha value is -1.88. The average molecular weight is 291 g/mol. The molecule has 0 fully saturated rings. The fourth-order valence-electron chi connectivity index (χ4n) is 2.01. The number of nitrogens with one attached hydrogen (secondary N) is 2. The van der Waals surface area contributed by atoms with Gasteiger partial charge in [0.2, 0.25) is 11.8 Å². The zero-order valence-electron chi connectivity index (χ0n) is 13.0. The molecule has 5 nitrogen and oxygen atoms in total. The number of aryl methyl sites for hydroxylation is 1. The maximum absolute atomic E-state index is 11.8. The van der Waals surface area contributed by atoms with E-state index >= 15 is 0 Å². The molecule has 0 spiro atoms. The highest BCUT2D eigenvalue weighted by Gasteiger charge is 2.09. The molecule has 1 rings (SSSR count). The van der Waals surface area contributed by atoms with Gasteiger partial charge in [-0.05, 0) is 30.0 Å². The topological polar surface area (TPSA) is 84.2 Å². The highest BCUT2D eigenvalue weighted by atomic mass is 16.2. The fourth-order valence-corrected chi connectivity index (χ4v) is 2.01. The van der Waals surface area contributed by atoms with Crippen LogP contribution in [-0.2, 0) is 16.0 Å². The van der Waals surface area contributed by atoms with Crippen LogP contribution >= 0.6 is 0 Å². The number of nitrogens with two attached hydrogens (primary N) is 1. The zero-order valence-corrected chi connectivity index (χ0v) is 13.0. The van der Waals surface area contributed by atoms with E-state index < -0.39 is 0 Å². The summed E-state index contributed by atoms with van der Waals surface area (Å²) in [5, 5.41) is 5.70. The Morgan fingerprint density at radius 2 is 1.90 bits per heavy atom. The second-order valence-electron chi connectivity index (χ2n) is 5.46. The van der Waals surface area contributed by atoms with Gasteiger partial charge in [-0.15, -0.1) is 0 Å². The van der Waals surface area contributed by atoms with Crippen LogP contribution in [0.5, 0.6) is 0 Å². The summed E-state index contributed by atoms with van der Waals surface area (Å²) in [5.74, 6) is 0.176. The minimum atomic E-state index is -0.113. The molecule has 0 atom stereocenters. The summed E-state index contributed by atoms with van der Waals surface area (Å²) in [7, 11) is 0. The predicted molar refractivity (Wildman–Crippen MR) is 86.2 cm³/mol. The highest BCUT2D eigenvalue weighted by molar-refractivity contribution is 5.94. The number of hydrogen-bond acceptors (Lipinski definition) is 3. The third-order valence-electron chi connectivity index (χ3n) is 3.01. The lowest BCUT2D eigenvalue weighted by Crippen LogP contribution is -2.18. The Morgan fingerprint density at radius 3 is 2.48 bits per heavy atom. The summed E-state index contributed by atoms with van der Waals surface area (Å²) in [4.78, 5) is 23.5. The number of benzene rings is 1. The molecule has 1 aromatic rings.